The van der Waals surface area contributed by atoms with Crippen molar-refractivity contribution in [2.45, 2.75) is 13.3 Å². The molecule has 0 saturated heterocycles. The molecule has 0 aliphatic heterocycles. The van der Waals surface area contributed by atoms with Crippen molar-refractivity contribution in [2.24, 2.45) is 0 Å². The van der Waals surface area contributed by atoms with Crippen LogP contribution in [0.4, 0.5) is 5.69 Å². The molecule has 0 aliphatic rings. The summed E-state index contributed by atoms with van der Waals surface area (Å²) in [4.78, 5) is 25.8. The lowest BCUT2D eigenvalue weighted by Crippen LogP contribution is -2.08. The molecule has 3 rings (SSSR count). The van der Waals surface area contributed by atoms with E-state index in [1.807, 2.05) is 48.5 Å². The van der Waals surface area contributed by atoms with Gasteiger partial charge in [-0.25, -0.2) is 0 Å². The molecule has 1 heterocycles. The molecule has 0 saturated carbocycles. The fraction of sp³-hybridized carbons (Fsp3) is 0.111. The molecule has 0 bridgehead atoms. The van der Waals surface area contributed by atoms with Crippen molar-refractivity contribution < 1.29 is 4.79 Å². The highest BCUT2D eigenvalue weighted by Crippen LogP contribution is 2.19. The van der Waals surface area contributed by atoms with E-state index in [-0.39, 0.29) is 11.5 Å². The van der Waals surface area contributed by atoms with Gasteiger partial charge in [0.15, 0.2) is 0 Å². The van der Waals surface area contributed by atoms with Gasteiger partial charge in [0.25, 0.3) is 5.56 Å². The minimum atomic E-state index is -0.0911. The number of carbonyl (C=O) groups excluding carboxylic acids is 1. The molecule has 0 fully saturated rings. The summed E-state index contributed by atoms with van der Waals surface area (Å²) in [5.74, 6) is -0.0911. The number of aromatic nitrogens is 1. The fourth-order valence-electron chi connectivity index (χ4n) is 2.60. The molecule has 1 amide bonds. The predicted octanol–water partition coefficient (Wildman–Crippen LogP) is 3.08. The molecule has 4 heteroatoms. The van der Waals surface area contributed by atoms with E-state index in [0.717, 1.165) is 22.2 Å². The lowest BCUT2D eigenvalue weighted by molar-refractivity contribution is -0.114. The van der Waals surface area contributed by atoms with Gasteiger partial charge in [-0.15, -0.1) is 0 Å². The molecule has 0 spiro atoms. The van der Waals surface area contributed by atoms with E-state index >= 15 is 0 Å². The molecule has 4 nitrogen and oxygen atoms in total. The normalized spacial score (nSPS) is 10.6. The van der Waals surface area contributed by atoms with Crippen LogP contribution >= 0.6 is 0 Å². The number of carbonyl (C=O) groups is 1. The summed E-state index contributed by atoms with van der Waals surface area (Å²) in [6, 6.07) is 15.3. The zero-order valence-corrected chi connectivity index (χ0v) is 12.2. The summed E-state index contributed by atoms with van der Waals surface area (Å²) < 4.78 is 0. The highest BCUT2D eigenvalue weighted by molar-refractivity contribution is 5.89. The van der Waals surface area contributed by atoms with E-state index in [0.29, 0.717) is 11.8 Å². The molecular weight excluding hydrogens is 276 g/mol. The Labute approximate surface area is 127 Å². The van der Waals surface area contributed by atoms with Crippen molar-refractivity contribution in [1.29, 1.82) is 0 Å². The first-order valence-corrected chi connectivity index (χ1v) is 7.09. The summed E-state index contributed by atoms with van der Waals surface area (Å²) in [6.07, 6.45) is 2.44. The number of H-pyrrole nitrogens is 1. The topological polar surface area (TPSA) is 62.0 Å². The minimum absolute atomic E-state index is 0.0775. The molecule has 2 N–H and O–H groups in total. The van der Waals surface area contributed by atoms with Crippen LogP contribution in [0.3, 0.4) is 0 Å². The van der Waals surface area contributed by atoms with Gasteiger partial charge in [-0.2, -0.15) is 0 Å². The van der Waals surface area contributed by atoms with Crippen molar-refractivity contribution in [1.82, 2.24) is 4.98 Å². The molecule has 2 aromatic carbocycles. The summed E-state index contributed by atoms with van der Waals surface area (Å²) in [7, 11) is 0. The van der Waals surface area contributed by atoms with Gasteiger partial charge in [-0.1, -0.05) is 30.3 Å². The second-order valence-corrected chi connectivity index (χ2v) is 5.25. The van der Waals surface area contributed by atoms with Crippen LogP contribution in [0, 0.1) is 0 Å². The number of hydrogen-bond donors (Lipinski definition) is 2. The number of nitrogens with one attached hydrogen (secondary N) is 2. The number of anilines is 1. The smallest absolute Gasteiger partial charge is 0.255 e. The maximum Gasteiger partial charge on any atom is 0.255 e. The number of rotatable bonds is 3. The Hall–Kier alpha value is -2.88. The highest BCUT2D eigenvalue weighted by atomic mass is 16.1. The van der Waals surface area contributed by atoms with Crippen LogP contribution in [0.1, 0.15) is 18.1 Å². The van der Waals surface area contributed by atoms with E-state index < -0.39 is 0 Å². The molecular formula is C18H16N2O2. The van der Waals surface area contributed by atoms with Crippen LogP contribution in [0.2, 0.25) is 0 Å². The Bertz CT molecular complexity index is 897. The largest absolute Gasteiger partial charge is 0.328 e. The van der Waals surface area contributed by atoms with Gasteiger partial charge in [0, 0.05) is 24.2 Å². The summed E-state index contributed by atoms with van der Waals surface area (Å²) in [5.41, 5.74) is 2.82. The van der Waals surface area contributed by atoms with Crippen molar-refractivity contribution >= 4 is 22.4 Å². The zero-order valence-electron chi connectivity index (χ0n) is 12.2. The number of amides is 1. The van der Waals surface area contributed by atoms with E-state index in [9.17, 15) is 9.59 Å². The number of benzene rings is 2. The van der Waals surface area contributed by atoms with E-state index in [1.54, 1.807) is 6.20 Å². The van der Waals surface area contributed by atoms with Gasteiger partial charge in [0.1, 0.15) is 0 Å². The first kappa shape index (κ1) is 14.1. The van der Waals surface area contributed by atoms with Crippen molar-refractivity contribution in [3.05, 3.63) is 76.2 Å². The van der Waals surface area contributed by atoms with Gasteiger partial charge in [0.2, 0.25) is 5.91 Å². The molecule has 3 aromatic rings. The Morgan fingerprint density at radius 2 is 1.86 bits per heavy atom. The number of pyridine rings is 1. The Morgan fingerprint density at radius 1 is 1.09 bits per heavy atom. The van der Waals surface area contributed by atoms with Gasteiger partial charge < -0.3 is 10.3 Å². The molecule has 0 radical (unpaired) electrons. The molecule has 110 valence electrons. The van der Waals surface area contributed by atoms with Gasteiger partial charge in [0.05, 0.1) is 0 Å². The fourth-order valence-corrected chi connectivity index (χ4v) is 2.60. The van der Waals surface area contributed by atoms with E-state index in [4.69, 9.17) is 0 Å². The maximum atomic E-state index is 11.9. The average Bonchev–Trinajstić information content (AvgIpc) is 2.50. The minimum Gasteiger partial charge on any atom is -0.328 e. The number of aromatic amines is 1. The van der Waals surface area contributed by atoms with Crippen molar-refractivity contribution in [3.63, 3.8) is 0 Å². The maximum absolute atomic E-state index is 11.9. The predicted molar refractivity (Wildman–Crippen MR) is 88.1 cm³/mol. The highest BCUT2D eigenvalue weighted by Gasteiger charge is 2.06. The molecule has 0 aliphatic carbocycles. The standard InChI is InChI=1S/C18H16N2O2/c1-12(21)20-15-6-4-5-13(10-15)9-14-11-19-18(22)17-8-3-2-7-16(14)17/h2-8,10-11H,9H2,1H3,(H,19,22)(H,20,21). The third kappa shape index (κ3) is 2.91. The van der Waals surface area contributed by atoms with Crippen molar-refractivity contribution in [3.8, 4) is 0 Å². The Balaban J connectivity index is 1.99. The quantitative estimate of drug-likeness (QED) is 0.779. The van der Waals surface area contributed by atoms with Gasteiger partial charge in [-0.05, 0) is 41.1 Å². The lowest BCUT2D eigenvalue weighted by Gasteiger charge is -2.08. The van der Waals surface area contributed by atoms with Gasteiger partial charge in [-0.3, -0.25) is 9.59 Å². The summed E-state index contributed by atoms with van der Waals surface area (Å²) >= 11 is 0. The lowest BCUT2D eigenvalue weighted by atomic mass is 10.0. The molecule has 1 aromatic heterocycles. The second-order valence-electron chi connectivity index (χ2n) is 5.25. The third-order valence-electron chi connectivity index (χ3n) is 3.54. The summed E-state index contributed by atoms with van der Waals surface area (Å²) in [5, 5.41) is 4.43. The van der Waals surface area contributed by atoms with E-state index in [1.165, 1.54) is 6.92 Å². The van der Waals surface area contributed by atoms with Crippen LogP contribution in [0.5, 0.6) is 0 Å². The summed E-state index contributed by atoms with van der Waals surface area (Å²) in [6.45, 7) is 1.49. The van der Waals surface area contributed by atoms with Crippen LogP contribution < -0.4 is 10.9 Å². The Kier molecular flexibility index (Phi) is 3.74. The molecule has 0 unspecified atom stereocenters. The molecule has 22 heavy (non-hydrogen) atoms. The first-order chi connectivity index (χ1) is 10.6. The van der Waals surface area contributed by atoms with Crippen molar-refractivity contribution in [2.75, 3.05) is 5.32 Å². The first-order valence-electron chi connectivity index (χ1n) is 7.09. The van der Waals surface area contributed by atoms with Crippen LogP contribution in [-0.4, -0.2) is 10.9 Å². The zero-order chi connectivity index (χ0) is 15.5. The second kappa shape index (κ2) is 5.85. The third-order valence-corrected chi connectivity index (χ3v) is 3.54. The number of fused-ring (bicyclic) bond motifs is 1. The Morgan fingerprint density at radius 3 is 2.64 bits per heavy atom. The average molecular weight is 292 g/mol. The van der Waals surface area contributed by atoms with Crippen LogP contribution in [0.15, 0.2) is 59.5 Å². The SMILES string of the molecule is CC(=O)Nc1cccc(Cc2c[nH]c(=O)c3ccccc23)c1. The van der Waals surface area contributed by atoms with E-state index in [2.05, 4.69) is 10.3 Å². The van der Waals surface area contributed by atoms with Crippen LogP contribution in [0.25, 0.3) is 10.8 Å². The monoisotopic (exact) mass is 292 g/mol. The van der Waals surface area contributed by atoms with Gasteiger partial charge >= 0.3 is 0 Å². The van der Waals surface area contributed by atoms with Crippen LogP contribution in [-0.2, 0) is 11.2 Å². The number of hydrogen-bond acceptors (Lipinski definition) is 2. The molecule has 0 atom stereocenters.